The van der Waals surface area contributed by atoms with Gasteiger partial charge in [0, 0.05) is 6.42 Å². The van der Waals surface area contributed by atoms with E-state index in [4.69, 9.17) is 5.21 Å². The summed E-state index contributed by atoms with van der Waals surface area (Å²) in [6, 6.07) is -1.13. The summed E-state index contributed by atoms with van der Waals surface area (Å²) in [5.74, 6) is -2.25. The molecular weight excluding hydrogens is 280 g/mol. The molecule has 2 heterocycles. The lowest BCUT2D eigenvalue weighted by molar-refractivity contribution is -0.154. The van der Waals surface area contributed by atoms with E-state index in [9.17, 15) is 19.2 Å². The van der Waals surface area contributed by atoms with Crippen LogP contribution in [0.15, 0.2) is 0 Å². The number of hydrogen-bond donors (Lipinski definition) is 4. The van der Waals surface area contributed by atoms with Crippen molar-refractivity contribution in [2.45, 2.75) is 37.8 Å². The lowest BCUT2D eigenvalue weighted by Gasteiger charge is -2.30. The monoisotopic (exact) mass is 298 g/mol. The number of nitrogens with zero attached hydrogens (tertiary/aromatic N) is 1. The Morgan fingerprint density at radius 2 is 2.10 bits per heavy atom. The van der Waals surface area contributed by atoms with Crippen molar-refractivity contribution in [3.63, 3.8) is 0 Å². The number of amides is 4. The Morgan fingerprint density at radius 1 is 1.33 bits per heavy atom. The van der Waals surface area contributed by atoms with Gasteiger partial charge in [-0.25, -0.2) is 5.48 Å². The van der Waals surface area contributed by atoms with Gasteiger partial charge in [0.15, 0.2) is 0 Å². The van der Waals surface area contributed by atoms with Crippen molar-refractivity contribution in [1.82, 2.24) is 21.0 Å². The van der Waals surface area contributed by atoms with E-state index in [1.807, 2.05) is 0 Å². The Morgan fingerprint density at radius 3 is 2.71 bits per heavy atom. The van der Waals surface area contributed by atoms with Crippen LogP contribution in [0, 0.1) is 0 Å². The summed E-state index contributed by atoms with van der Waals surface area (Å²) in [6.07, 6.45) is 1.89. The van der Waals surface area contributed by atoms with Crippen molar-refractivity contribution in [1.29, 1.82) is 0 Å². The molecule has 0 aromatic carbocycles. The van der Waals surface area contributed by atoms with Gasteiger partial charge in [0.2, 0.25) is 11.8 Å². The van der Waals surface area contributed by atoms with E-state index in [0.29, 0.717) is 6.42 Å². The fraction of sp³-hybridized carbons (Fsp3) is 0.667. The van der Waals surface area contributed by atoms with Gasteiger partial charge < -0.3 is 10.6 Å². The highest BCUT2D eigenvalue weighted by molar-refractivity contribution is 6.04. The smallest absolute Gasteiger partial charge is 0.263 e. The first-order chi connectivity index (χ1) is 10.0. The van der Waals surface area contributed by atoms with Crippen LogP contribution in [0.25, 0.3) is 0 Å². The highest BCUT2D eigenvalue weighted by Gasteiger charge is 2.37. The summed E-state index contributed by atoms with van der Waals surface area (Å²) < 4.78 is 0. The van der Waals surface area contributed by atoms with E-state index in [-0.39, 0.29) is 24.8 Å². The first-order valence-corrected chi connectivity index (χ1v) is 6.84. The molecule has 0 saturated carbocycles. The van der Waals surface area contributed by atoms with E-state index in [2.05, 4.69) is 10.6 Å². The average Bonchev–Trinajstić information content (AvgIpc) is 3.00. The first-order valence-electron chi connectivity index (χ1n) is 6.84. The third-order valence-electron chi connectivity index (χ3n) is 3.63. The molecule has 0 radical (unpaired) electrons. The number of hydrogen-bond acceptors (Lipinski definition) is 6. The summed E-state index contributed by atoms with van der Waals surface area (Å²) in [6.45, 7) is 0.209. The zero-order chi connectivity index (χ0) is 15.4. The van der Waals surface area contributed by atoms with Crippen LogP contribution in [0.1, 0.15) is 25.7 Å². The highest BCUT2D eigenvalue weighted by atomic mass is 16.5. The summed E-state index contributed by atoms with van der Waals surface area (Å²) in [5.41, 5.74) is 1.37. The Hall–Kier alpha value is -2.00. The topological polar surface area (TPSA) is 128 Å². The molecule has 0 unspecified atom stereocenters. The molecule has 116 valence electrons. The van der Waals surface area contributed by atoms with Crippen LogP contribution in [0.3, 0.4) is 0 Å². The molecular formula is C12H18N4O5. The predicted molar refractivity (Wildman–Crippen MR) is 68.8 cm³/mol. The third-order valence-corrected chi connectivity index (χ3v) is 3.63. The van der Waals surface area contributed by atoms with E-state index >= 15 is 0 Å². The van der Waals surface area contributed by atoms with Gasteiger partial charge in [0.25, 0.3) is 11.8 Å². The molecule has 21 heavy (non-hydrogen) atoms. The van der Waals surface area contributed by atoms with Crippen LogP contribution in [-0.4, -0.2) is 58.9 Å². The normalized spacial score (nSPS) is 25.9. The Labute approximate surface area is 121 Å². The minimum Gasteiger partial charge on any atom is -0.343 e. The Bertz CT molecular complexity index is 461. The minimum absolute atomic E-state index is 0.0630. The molecule has 0 aliphatic carbocycles. The average molecular weight is 298 g/mol. The van der Waals surface area contributed by atoms with E-state index in [1.54, 1.807) is 0 Å². The van der Waals surface area contributed by atoms with Crippen molar-refractivity contribution in [3.05, 3.63) is 0 Å². The number of hydroxylamine groups is 1. The predicted octanol–water partition coefficient (Wildman–Crippen LogP) is -2.12. The fourth-order valence-electron chi connectivity index (χ4n) is 2.50. The van der Waals surface area contributed by atoms with Crippen LogP contribution in [-0.2, 0) is 19.2 Å². The van der Waals surface area contributed by atoms with Crippen LogP contribution in [0.2, 0.25) is 0 Å². The lowest BCUT2D eigenvalue weighted by Crippen LogP contribution is -2.58. The van der Waals surface area contributed by atoms with Crippen molar-refractivity contribution in [3.8, 4) is 0 Å². The lowest BCUT2D eigenvalue weighted by atomic mass is 10.0. The van der Waals surface area contributed by atoms with Crippen LogP contribution in [0.4, 0.5) is 0 Å². The molecule has 0 aromatic heterocycles. The van der Waals surface area contributed by atoms with Gasteiger partial charge in [-0.15, -0.1) is 0 Å². The van der Waals surface area contributed by atoms with Crippen LogP contribution in [0.5, 0.6) is 0 Å². The second kappa shape index (κ2) is 6.64. The molecule has 0 spiro atoms. The number of carbonyl (C=O) groups excluding carboxylic acids is 4. The van der Waals surface area contributed by atoms with Crippen LogP contribution < -0.4 is 16.1 Å². The Kier molecular flexibility index (Phi) is 4.86. The van der Waals surface area contributed by atoms with Crippen LogP contribution >= 0.6 is 0 Å². The van der Waals surface area contributed by atoms with Gasteiger partial charge in [0.05, 0.1) is 6.04 Å². The standard InChI is InChI=1S/C12H18N4O5/c17-9(15-21)6-16-10(18)4-3-8(12(16)20)14-11(19)7-2-1-5-13-7/h7-8,13,21H,1-6H2,(H,14,19)(H,15,17)/t7-,8-/m0/s1. The zero-order valence-corrected chi connectivity index (χ0v) is 11.4. The highest BCUT2D eigenvalue weighted by Crippen LogP contribution is 2.14. The molecule has 4 N–H and O–H groups in total. The summed E-state index contributed by atoms with van der Waals surface area (Å²) in [4.78, 5) is 47.6. The van der Waals surface area contributed by atoms with Crippen molar-refractivity contribution >= 4 is 23.6 Å². The van der Waals surface area contributed by atoms with Gasteiger partial charge in [-0.2, -0.15) is 0 Å². The van der Waals surface area contributed by atoms with Gasteiger partial charge in [-0.3, -0.25) is 29.3 Å². The van der Waals surface area contributed by atoms with E-state index < -0.39 is 30.3 Å². The third kappa shape index (κ3) is 3.56. The van der Waals surface area contributed by atoms with Gasteiger partial charge >= 0.3 is 0 Å². The number of carbonyl (C=O) groups is 4. The Balaban J connectivity index is 1.97. The maximum Gasteiger partial charge on any atom is 0.263 e. The maximum absolute atomic E-state index is 12.1. The second-order valence-corrected chi connectivity index (χ2v) is 5.10. The number of rotatable bonds is 4. The van der Waals surface area contributed by atoms with Crippen molar-refractivity contribution < 1.29 is 24.4 Å². The number of nitrogens with one attached hydrogen (secondary N) is 3. The molecule has 2 aliphatic rings. The molecule has 9 heteroatoms. The van der Waals surface area contributed by atoms with Crippen molar-refractivity contribution in [2.75, 3.05) is 13.1 Å². The number of imide groups is 1. The van der Waals surface area contributed by atoms with Gasteiger partial charge in [0.1, 0.15) is 12.6 Å². The molecule has 2 fully saturated rings. The molecule has 4 amide bonds. The quantitative estimate of drug-likeness (QED) is 0.267. The maximum atomic E-state index is 12.1. The number of piperidine rings is 1. The molecule has 2 atom stereocenters. The zero-order valence-electron chi connectivity index (χ0n) is 11.4. The number of likely N-dealkylation sites (tertiary alicyclic amines) is 1. The molecule has 0 bridgehead atoms. The largest absolute Gasteiger partial charge is 0.343 e. The van der Waals surface area contributed by atoms with Gasteiger partial charge in [-0.1, -0.05) is 0 Å². The molecule has 2 saturated heterocycles. The fourth-order valence-corrected chi connectivity index (χ4v) is 2.50. The summed E-state index contributed by atoms with van der Waals surface area (Å²) in [7, 11) is 0. The first kappa shape index (κ1) is 15.4. The molecule has 9 nitrogen and oxygen atoms in total. The second-order valence-electron chi connectivity index (χ2n) is 5.10. The summed E-state index contributed by atoms with van der Waals surface area (Å²) in [5, 5.41) is 14.1. The minimum atomic E-state index is -0.860. The van der Waals surface area contributed by atoms with E-state index in [0.717, 1.165) is 17.9 Å². The molecule has 0 aromatic rings. The molecule has 2 rings (SSSR count). The SMILES string of the molecule is O=C(CN1C(=O)CC[C@H](NC(=O)[C@@H]2CCCN2)C1=O)NO. The van der Waals surface area contributed by atoms with Gasteiger partial charge in [-0.05, 0) is 25.8 Å². The molecule has 2 aliphatic heterocycles. The van der Waals surface area contributed by atoms with Crippen molar-refractivity contribution in [2.24, 2.45) is 0 Å². The van der Waals surface area contributed by atoms with E-state index in [1.165, 1.54) is 5.48 Å². The summed E-state index contributed by atoms with van der Waals surface area (Å²) >= 11 is 0.